The summed E-state index contributed by atoms with van der Waals surface area (Å²) in [5, 5.41) is 9.70. The average Bonchev–Trinajstić information content (AvgIpc) is 2.77. The molecule has 1 aromatic rings. The zero-order chi connectivity index (χ0) is 9.34. The van der Waals surface area contributed by atoms with Gasteiger partial charge >= 0.3 is 0 Å². The van der Waals surface area contributed by atoms with Crippen LogP contribution in [0.25, 0.3) is 6.08 Å². The van der Waals surface area contributed by atoms with Crippen LogP contribution in [0.1, 0.15) is 17.5 Å². The van der Waals surface area contributed by atoms with Crippen LogP contribution in [0.15, 0.2) is 29.8 Å². The minimum absolute atomic E-state index is 0.0254. The first kappa shape index (κ1) is 7.21. The van der Waals surface area contributed by atoms with Crippen LogP contribution in [-0.4, -0.2) is 17.3 Å². The van der Waals surface area contributed by atoms with Crippen LogP contribution in [-0.2, 0) is 10.3 Å². The van der Waals surface area contributed by atoms with Gasteiger partial charge in [0.25, 0.3) is 0 Å². The molecule has 2 nitrogen and oxygen atoms in total. The minimum atomic E-state index is -0.297. The molecule has 0 amide bonds. The lowest BCUT2D eigenvalue weighted by Gasteiger charge is -2.06. The van der Waals surface area contributed by atoms with Gasteiger partial charge in [-0.2, -0.15) is 0 Å². The minimum Gasteiger partial charge on any atom is -0.390 e. The summed E-state index contributed by atoms with van der Waals surface area (Å²) in [6, 6.07) is 8.30. The van der Waals surface area contributed by atoms with Gasteiger partial charge in [-0.15, -0.1) is 0 Å². The second-order valence-electron chi connectivity index (χ2n) is 4.30. The van der Waals surface area contributed by atoms with Gasteiger partial charge in [-0.3, -0.25) is 0 Å². The SMILES string of the molecule is OC1CC2=Cc3ccccc3C23OC13. The van der Waals surface area contributed by atoms with Gasteiger partial charge in [-0.1, -0.05) is 30.3 Å². The fraction of sp³-hybridized carbons (Fsp3) is 0.333. The molecule has 0 aromatic heterocycles. The van der Waals surface area contributed by atoms with Crippen molar-refractivity contribution in [2.24, 2.45) is 0 Å². The predicted molar refractivity (Wildman–Crippen MR) is 51.6 cm³/mol. The lowest BCUT2D eigenvalue weighted by atomic mass is 9.97. The Balaban J connectivity index is 1.98. The Morgan fingerprint density at radius 3 is 3.07 bits per heavy atom. The molecule has 1 N–H and O–H groups in total. The Kier molecular flexibility index (Phi) is 1.00. The maximum absolute atomic E-state index is 9.70. The average molecular weight is 186 g/mol. The Labute approximate surface area is 81.8 Å². The van der Waals surface area contributed by atoms with E-state index in [1.54, 1.807) is 0 Å². The molecule has 3 unspecified atom stereocenters. The largest absolute Gasteiger partial charge is 0.390 e. The molecule has 1 aliphatic heterocycles. The summed E-state index contributed by atoms with van der Waals surface area (Å²) in [6.07, 6.45) is 2.68. The van der Waals surface area contributed by atoms with E-state index in [1.807, 2.05) is 12.1 Å². The van der Waals surface area contributed by atoms with Crippen LogP contribution >= 0.6 is 0 Å². The molecule has 0 bridgehead atoms. The van der Waals surface area contributed by atoms with Gasteiger partial charge in [0.1, 0.15) is 11.7 Å². The highest BCUT2D eigenvalue weighted by Crippen LogP contribution is 2.64. The van der Waals surface area contributed by atoms with E-state index in [0.717, 1.165) is 6.42 Å². The van der Waals surface area contributed by atoms with Crippen molar-refractivity contribution in [2.75, 3.05) is 0 Å². The molecule has 70 valence electrons. The molecule has 4 rings (SSSR count). The quantitative estimate of drug-likeness (QED) is 0.622. The third-order valence-electron chi connectivity index (χ3n) is 3.60. The van der Waals surface area contributed by atoms with Crippen molar-refractivity contribution in [3.63, 3.8) is 0 Å². The molecule has 1 saturated carbocycles. The van der Waals surface area contributed by atoms with E-state index in [1.165, 1.54) is 16.7 Å². The van der Waals surface area contributed by atoms with Gasteiger partial charge in [0.2, 0.25) is 0 Å². The molecule has 3 atom stereocenters. The number of benzene rings is 1. The Hall–Kier alpha value is -1.12. The van der Waals surface area contributed by atoms with Gasteiger partial charge in [0.15, 0.2) is 0 Å². The first-order valence-corrected chi connectivity index (χ1v) is 4.99. The van der Waals surface area contributed by atoms with Crippen LogP contribution in [0.5, 0.6) is 0 Å². The normalized spacial score (nSPS) is 41.4. The van der Waals surface area contributed by atoms with E-state index in [9.17, 15) is 5.11 Å². The molecule has 1 heterocycles. The number of epoxide rings is 1. The van der Waals surface area contributed by atoms with Crippen molar-refractivity contribution in [3.8, 4) is 0 Å². The molecule has 1 aromatic carbocycles. The number of aliphatic hydroxyl groups is 1. The van der Waals surface area contributed by atoms with Gasteiger partial charge < -0.3 is 9.84 Å². The summed E-state index contributed by atoms with van der Waals surface area (Å²) in [6.45, 7) is 0. The van der Waals surface area contributed by atoms with Crippen molar-refractivity contribution in [1.29, 1.82) is 0 Å². The summed E-state index contributed by atoms with van der Waals surface area (Å²) in [5.74, 6) is 0. The molecule has 3 aliphatic rings. The maximum atomic E-state index is 9.70. The van der Waals surface area contributed by atoms with Crippen molar-refractivity contribution in [2.45, 2.75) is 24.2 Å². The molecule has 14 heavy (non-hydrogen) atoms. The maximum Gasteiger partial charge on any atom is 0.144 e. The highest BCUT2D eigenvalue weighted by Gasteiger charge is 2.70. The first-order valence-electron chi connectivity index (χ1n) is 4.99. The molecule has 2 aliphatic carbocycles. The van der Waals surface area contributed by atoms with Gasteiger partial charge in [0, 0.05) is 6.42 Å². The first-order chi connectivity index (χ1) is 6.82. The van der Waals surface area contributed by atoms with Crippen molar-refractivity contribution in [3.05, 3.63) is 41.0 Å². The number of hydrogen-bond donors (Lipinski definition) is 1. The monoisotopic (exact) mass is 186 g/mol. The summed E-state index contributed by atoms with van der Waals surface area (Å²) in [4.78, 5) is 0. The lowest BCUT2D eigenvalue weighted by Crippen LogP contribution is -2.11. The highest BCUT2D eigenvalue weighted by molar-refractivity contribution is 5.72. The fourth-order valence-corrected chi connectivity index (χ4v) is 2.96. The Morgan fingerprint density at radius 2 is 2.21 bits per heavy atom. The summed E-state index contributed by atoms with van der Waals surface area (Å²) >= 11 is 0. The van der Waals surface area contributed by atoms with Gasteiger partial charge in [-0.25, -0.2) is 0 Å². The number of ether oxygens (including phenoxy) is 1. The van der Waals surface area contributed by atoms with E-state index in [2.05, 4.69) is 18.2 Å². The number of rotatable bonds is 0. The molecule has 1 spiro atoms. The van der Waals surface area contributed by atoms with Gasteiger partial charge in [-0.05, 0) is 16.7 Å². The van der Waals surface area contributed by atoms with Crippen LogP contribution < -0.4 is 0 Å². The van der Waals surface area contributed by atoms with E-state index in [-0.39, 0.29) is 17.8 Å². The summed E-state index contributed by atoms with van der Waals surface area (Å²) < 4.78 is 5.68. The van der Waals surface area contributed by atoms with Crippen molar-refractivity contribution < 1.29 is 9.84 Å². The van der Waals surface area contributed by atoms with Crippen molar-refractivity contribution in [1.82, 2.24) is 0 Å². The smallest absolute Gasteiger partial charge is 0.144 e. The molecule has 0 radical (unpaired) electrons. The second kappa shape index (κ2) is 1.95. The van der Waals surface area contributed by atoms with E-state index < -0.39 is 0 Å². The van der Waals surface area contributed by atoms with Crippen LogP contribution in [0.4, 0.5) is 0 Å². The van der Waals surface area contributed by atoms with Crippen molar-refractivity contribution >= 4 is 6.08 Å². The predicted octanol–water partition coefficient (Wildman–Crippen LogP) is 1.44. The van der Waals surface area contributed by atoms with E-state index in [4.69, 9.17) is 4.74 Å². The Bertz CT molecular complexity index is 463. The Morgan fingerprint density at radius 1 is 1.36 bits per heavy atom. The van der Waals surface area contributed by atoms with Crippen LogP contribution in [0, 0.1) is 0 Å². The lowest BCUT2D eigenvalue weighted by molar-refractivity contribution is 0.128. The van der Waals surface area contributed by atoms with E-state index in [0.29, 0.717) is 0 Å². The zero-order valence-electron chi connectivity index (χ0n) is 7.60. The molecule has 1 saturated heterocycles. The third kappa shape index (κ3) is 0.578. The fourth-order valence-electron chi connectivity index (χ4n) is 2.96. The van der Waals surface area contributed by atoms with Gasteiger partial charge in [0.05, 0.1) is 6.10 Å². The summed E-state index contributed by atoms with van der Waals surface area (Å²) in [7, 11) is 0. The molecular weight excluding hydrogens is 176 g/mol. The standard InChI is InChI=1S/C12H10O2/c13-10-6-8-5-7-3-1-2-4-9(7)12(8)11(10)14-12/h1-5,10-11,13H,6H2. The number of hydrogen-bond acceptors (Lipinski definition) is 2. The summed E-state index contributed by atoms with van der Waals surface area (Å²) in [5.41, 5.74) is 3.56. The molecule has 2 fully saturated rings. The number of fused-ring (bicyclic) bond motifs is 1. The topological polar surface area (TPSA) is 32.8 Å². The molecule has 2 heteroatoms. The highest BCUT2D eigenvalue weighted by atomic mass is 16.6. The molecular formula is C12H10O2. The van der Waals surface area contributed by atoms with Crippen LogP contribution in [0.2, 0.25) is 0 Å². The second-order valence-corrected chi connectivity index (χ2v) is 4.30. The van der Waals surface area contributed by atoms with E-state index >= 15 is 0 Å². The van der Waals surface area contributed by atoms with Crippen LogP contribution in [0.3, 0.4) is 0 Å². The zero-order valence-corrected chi connectivity index (χ0v) is 7.60. The third-order valence-corrected chi connectivity index (χ3v) is 3.60. The number of aliphatic hydroxyl groups excluding tert-OH is 1.